The van der Waals surface area contributed by atoms with E-state index >= 15 is 0 Å². The smallest absolute Gasteiger partial charge is 0.254 e. The molecule has 0 aliphatic heterocycles. The number of nitrogens with one attached hydrogen (secondary N) is 1. The van der Waals surface area contributed by atoms with Gasteiger partial charge >= 0.3 is 0 Å². The number of hydrogen-bond acceptors (Lipinski definition) is 3. The van der Waals surface area contributed by atoms with E-state index in [4.69, 9.17) is 4.74 Å². The quantitative estimate of drug-likeness (QED) is 0.839. The van der Waals surface area contributed by atoms with Crippen molar-refractivity contribution in [3.05, 3.63) is 53.6 Å². The molecule has 5 heteroatoms. The van der Waals surface area contributed by atoms with Crippen molar-refractivity contribution in [1.82, 2.24) is 10.2 Å². The Bertz CT molecular complexity index is 820. The number of rotatable bonds is 6. The van der Waals surface area contributed by atoms with Crippen LogP contribution in [-0.4, -0.2) is 43.0 Å². The van der Waals surface area contributed by atoms with Gasteiger partial charge in [-0.2, -0.15) is 0 Å². The third kappa shape index (κ3) is 4.30. The molecule has 0 aromatic heterocycles. The summed E-state index contributed by atoms with van der Waals surface area (Å²) >= 11 is 0. The molecule has 1 N–H and O–H groups in total. The van der Waals surface area contributed by atoms with Gasteiger partial charge in [0.05, 0.1) is 7.11 Å². The zero-order valence-corrected chi connectivity index (χ0v) is 16.9. The van der Waals surface area contributed by atoms with E-state index in [1.165, 1.54) is 0 Å². The number of ether oxygens (including phenoxy) is 1. The molecular weight excluding hydrogens is 340 g/mol. The number of nitrogens with zero attached hydrogens (tertiary/aromatic N) is 1. The van der Waals surface area contributed by atoms with E-state index in [1.54, 1.807) is 32.4 Å². The van der Waals surface area contributed by atoms with Gasteiger partial charge in [0, 0.05) is 35.8 Å². The van der Waals surface area contributed by atoms with Crippen LogP contribution in [0, 0.1) is 0 Å². The van der Waals surface area contributed by atoms with Crippen molar-refractivity contribution in [3.63, 3.8) is 0 Å². The molecule has 0 radical (unpaired) electrons. The first-order valence-corrected chi connectivity index (χ1v) is 9.14. The minimum atomic E-state index is -0.186. The molecule has 2 aromatic carbocycles. The van der Waals surface area contributed by atoms with Gasteiger partial charge in [-0.3, -0.25) is 9.59 Å². The fourth-order valence-electron chi connectivity index (χ4n) is 3.31. The zero-order valence-electron chi connectivity index (χ0n) is 16.9. The summed E-state index contributed by atoms with van der Waals surface area (Å²) in [7, 11) is 3.17. The molecule has 144 valence electrons. The van der Waals surface area contributed by atoms with Crippen LogP contribution in [-0.2, 0) is 0 Å². The highest BCUT2D eigenvalue weighted by Gasteiger charge is 2.25. The van der Waals surface area contributed by atoms with Gasteiger partial charge in [-0.05, 0) is 57.5 Å². The summed E-state index contributed by atoms with van der Waals surface area (Å²) in [6, 6.07) is 12.8. The SMILES string of the molecule is CNC(=O)c1ccc(OC)c(-c2ccccc2C(=O)N(C(C)C)C(C)C)c1. The van der Waals surface area contributed by atoms with Crippen molar-refractivity contribution in [2.24, 2.45) is 0 Å². The molecule has 0 saturated carbocycles. The van der Waals surface area contributed by atoms with E-state index < -0.39 is 0 Å². The molecule has 27 heavy (non-hydrogen) atoms. The van der Waals surface area contributed by atoms with Crippen molar-refractivity contribution < 1.29 is 14.3 Å². The molecule has 0 unspecified atom stereocenters. The largest absolute Gasteiger partial charge is 0.496 e. The number of amides is 2. The number of methoxy groups -OCH3 is 1. The van der Waals surface area contributed by atoms with Crippen molar-refractivity contribution in [3.8, 4) is 16.9 Å². The fraction of sp³-hybridized carbons (Fsp3) is 0.364. The van der Waals surface area contributed by atoms with Crippen LogP contribution in [0.25, 0.3) is 11.1 Å². The van der Waals surface area contributed by atoms with Gasteiger partial charge in [-0.15, -0.1) is 0 Å². The van der Waals surface area contributed by atoms with Gasteiger partial charge in [0.25, 0.3) is 11.8 Å². The standard InChI is InChI=1S/C22H28N2O3/c1-14(2)24(15(3)4)22(26)18-10-8-7-9-17(18)19-13-16(21(25)23-5)11-12-20(19)27-6/h7-15H,1-6H3,(H,23,25). The lowest BCUT2D eigenvalue weighted by Gasteiger charge is -2.31. The van der Waals surface area contributed by atoms with Crippen LogP contribution in [0.3, 0.4) is 0 Å². The van der Waals surface area contributed by atoms with Gasteiger partial charge in [0.1, 0.15) is 5.75 Å². The first-order chi connectivity index (χ1) is 12.8. The second-order valence-corrected chi connectivity index (χ2v) is 6.94. The van der Waals surface area contributed by atoms with Gasteiger partial charge in [0.2, 0.25) is 0 Å². The van der Waals surface area contributed by atoms with Crippen molar-refractivity contribution in [2.45, 2.75) is 39.8 Å². The second kappa shape index (κ2) is 8.71. The van der Waals surface area contributed by atoms with E-state index in [0.717, 1.165) is 11.1 Å². The summed E-state index contributed by atoms with van der Waals surface area (Å²) < 4.78 is 5.50. The Balaban J connectivity index is 2.65. The highest BCUT2D eigenvalue weighted by Crippen LogP contribution is 2.34. The average molecular weight is 368 g/mol. The highest BCUT2D eigenvalue weighted by molar-refractivity contribution is 6.03. The zero-order chi connectivity index (χ0) is 20.1. The minimum absolute atomic E-state index is 0.0389. The summed E-state index contributed by atoms with van der Waals surface area (Å²) in [5.41, 5.74) is 2.57. The van der Waals surface area contributed by atoms with Gasteiger partial charge in [-0.25, -0.2) is 0 Å². The van der Waals surface area contributed by atoms with E-state index in [-0.39, 0.29) is 23.9 Å². The summed E-state index contributed by atoms with van der Waals surface area (Å²) in [4.78, 5) is 27.2. The molecule has 0 spiro atoms. The lowest BCUT2D eigenvalue weighted by molar-refractivity contribution is 0.0644. The maximum absolute atomic E-state index is 13.3. The highest BCUT2D eigenvalue weighted by atomic mass is 16.5. The normalized spacial score (nSPS) is 10.8. The summed E-state index contributed by atoms with van der Waals surface area (Å²) in [5.74, 6) is 0.389. The second-order valence-electron chi connectivity index (χ2n) is 6.94. The van der Waals surface area contributed by atoms with Crippen LogP contribution in [0.5, 0.6) is 5.75 Å². The summed E-state index contributed by atoms with van der Waals surface area (Å²) in [6.45, 7) is 8.03. The summed E-state index contributed by atoms with van der Waals surface area (Å²) in [5, 5.41) is 2.63. The van der Waals surface area contributed by atoms with Gasteiger partial charge in [-0.1, -0.05) is 18.2 Å². The van der Waals surface area contributed by atoms with Crippen LogP contribution in [0.4, 0.5) is 0 Å². The Morgan fingerprint density at radius 1 is 0.963 bits per heavy atom. The van der Waals surface area contributed by atoms with Gasteiger partial charge in [0.15, 0.2) is 0 Å². The molecule has 0 heterocycles. The Kier molecular flexibility index (Phi) is 6.61. The molecule has 2 amide bonds. The first kappa shape index (κ1) is 20.5. The first-order valence-electron chi connectivity index (χ1n) is 9.14. The van der Waals surface area contributed by atoms with Crippen LogP contribution in [0.2, 0.25) is 0 Å². The van der Waals surface area contributed by atoms with Crippen LogP contribution >= 0.6 is 0 Å². The molecule has 0 aliphatic rings. The Labute approximate surface area is 161 Å². The topological polar surface area (TPSA) is 58.6 Å². The van der Waals surface area contributed by atoms with E-state index in [1.807, 2.05) is 56.9 Å². The molecule has 2 rings (SSSR count). The summed E-state index contributed by atoms with van der Waals surface area (Å²) in [6.07, 6.45) is 0. The van der Waals surface area contributed by atoms with E-state index in [9.17, 15) is 9.59 Å². The third-order valence-electron chi connectivity index (χ3n) is 4.48. The van der Waals surface area contributed by atoms with Crippen molar-refractivity contribution in [2.75, 3.05) is 14.2 Å². The number of hydrogen-bond donors (Lipinski definition) is 1. The molecule has 0 bridgehead atoms. The maximum Gasteiger partial charge on any atom is 0.254 e. The minimum Gasteiger partial charge on any atom is -0.496 e. The molecule has 5 nitrogen and oxygen atoms in total. The van der Waals surface area contributed by atoms with Crippen LogP contribution < -0.4 is 10.1 Å². The molecule has 0 aliphatic carbocycles. The van der Waals surface area contributed by atoms with Crippen molar-refractivity contribution >= 4 is 11.8 Å². The molecule has 0 saturated heterocycles. The number of carbonyl (C=O) groups is 2. The number of benzene rings is 2. The predicted molar refractivity (Wildman–Crippen MR) is 108 cm³/mol. The molecule has 0 fully saturated rings. The van der Waals surface area contributed by atoms with Crippen molar-refractivity contribution in [1.29, 1.82) is 0 Å². The molecule has 0 atom stereocenters. The fourth-order valence-corrected chi connectivity index (χ4v) is 3.31. The monoisotopic (exact) mass is 368 g/mol. The maximum atomic E-state index is 13.3. The third-order valence-corrected chi connectivity index (χ3v) is 4.48. The lowest BCUT2D eigenvalue weighted by atomic mass is 9.95. The molecular formula is C22H28N2O3. The average Bonchev–Trinajstić information content (AvgIpc) is 2.66. The number of carbonyl (C=O) groups excluding carboxylic acids is 2. The van der Waals surface area contributed by atoms with Crippen LogP contribution in [0.1, 0.15) is 48.4 Å². The predicted octanol–water partition coefficient (Wildman–Crippen LogP) is 3.98. The Morgan fingerprint density at radius 3 is 2.15 bits per heavy atom. The molecule has 2 aromatic rings. The van der Waals surface area contributed by atoms with Gasteiger partial charge < -0.3 is 15.0 Å². The Hall–Kier alpha value is -2.82. The van der Waals surface area contributed by atoms with E-state index in [2.05, 4.69) is 5.32 Å². The Morgan fingerprint density at radius 2 is 1.59 bits per heavy atom. The van der Waals surface area contributed by atoms with E-state index in [0.29, 0.717) is 16.9 Å². The van der Waals surface area contributed by atoms with Crippen LogP contribution in [0.15, 0.2) is 42.5 Å². The lowest BCUT2D eigenvalue weighted by Crippen LogP contribution is -2.42.